The number of rotatable bonds is 9. The van der Waals surface area contributed by atoms with Crippen LogP contribution in [0.25, 0.3) is 0 Å². The largest absolute Gasteiger partial charge is 0.493 e. The van der Waals surface area contributed by atoms with E-state index in [4.69, 9.17) is 4.74 Å². The van der Waals surface area contributed by atoms with Crippen molar-refractivity contribution in [3.05, 3.63) is 103 Å². The molecule has 0 saturated heterocycles. The third-order valence-corrected chi connectivity index (χ3v) is 5.65. The van der Waals surface area contributed by atoms with Crippen LogP contribution in [0, 0.1) is 6.07 Å². The molecule has 0 fully saturated rings. The van der Waals surface area contributed by atoms with E-state index >= 15 is 0 Å². The van der Waals surface area contributed by atoms with Gasteiger partial charge in [-0.05, 0) is 54.4 Å². The summed E-state index contributed by atoms with van der Waals surface area (Å²) in [7, 11) is -3.63. The van der Waals surface area contributed by atoms with E-state index in [1.54, 1.807) is 48.5 Å². The number of sulfonamides is 1. The summed E-state index contributed by atoms with van der Waals surface area (Å²) in [6, 6.07) is 26.0. The summed E-state index contributed by atoms with van der Waals surface area (Å²) in [5.74, 6) is 0.830. The molecule has 0 saturated carbocycles. The third-order valence-electron chi connectivity index (χ3n) is 4.25. The van der Waals surface area contributed by atoms with Crippen molar-refractivity contribution >= 4 is 15.7 Å². The van der Waals surface area contributed by atoms with E-state index in [-0.39, 0.29) is 10.8 Å². The number of allylic oxidation sites excluding steroid dienone is 1. The van der Waals surface area contributed by atoms with Crippen LogP contribution in [0.15, 0.2) is 96.4 Å². The fraction of sp³-hybridized carbons (Fsp3) is 0.130. The first-order valence-electron chi connectivity index (χ1n) is 8.96. The number of anilines is 1. The second-order valence-electron chi connectivity index (χ2n) is 6.31. The predicted octanol–water partition coefficient (Wildman–Crippen LogP) is 5.03. The van der Waals surface area contributed by atoms with Crippen molar-refractivity contribution in [1.82, 2.24) is 0 Å². The summed E-state index contributed by atoms with van der Waals surface area (Å²) < 4.78 is 33.7. The van der Waals surface area contributed by atoms with Crippen LogP contribution >= 0.6 is 0 Å². The minimum atomic E-state index is -3.63. The molecule has 5 heteroatoms. The lowest BCUT2D eigenvalue weighted by atomic mass is 9.96. The van der Waals surface area contributed by atoms with Crippen molar-refractivity contribution in [2.45, 2.75) is 17.2 Å². The molecule has 3 aromatic rings. The van der Waals surface area contributed by atoms with Crippen molar-refractivity contribution in [1.29, 1.82) is 0 Å². The Kier molecular flexibility index (Phi) is 6.50. The van der Waals surface area contributed by atoms with Crippen LogP contribution < -0.4 is 9.46 Å². The molecule has 1 unspecified atom stereocenters. The summed E-state index contributed by atoms with van der Waals surface area (Å²) in [4.78, 5) is 0.229. The summed E-state index contributed by atoms with van der Waals surface area (Å²) >= 11 is 0. The van der Waals surface area contributed by atoms with Gasteiger partial charge in [-0.25, -0.2) is 8.42 Å². The monoisotopic (exact) mass is 392 g/mol. The second-order valence-corrected chi connectivity index (χ2v) is 7.99. The van der Waals surface area contributed by atoms with Gasteiger partial charge in [-0.1, -0.05) is 48.5 Å². The van der Waals surface area contributed by atoms with Gasteiger partial charge in [0.15, 0.2) is 0 Å². The van der Waals surface area contributed by atoms with E-state index in [1.165, 1.54) is 0 Å². The van der Waals surface area contributed by atoms with E-state index in [2.05, 4.69) is 17.4 Å². The first-order valence-corrected chi connectivity index (χ1v) is 10.4. The Morgan fingerprint density at radius 2 is 1.79 bits per heavy atom. The quantitative estimate of drug-likeness (QED) is 0.520. The molecule has 0 heterocycles. The summed E-state index contributed by atoms with van der Waals surface area (Å²) in [5, 5.41) is 0. The molecular weight excluding hydrogens is 370 g/mol. The smallest absolute Gasteiger partial charge is 0.261 e. The Bertz CT molecular complexity index is 1000. The highest BCUT2D eigenvalue weighted by atomic mass is 32.2. The number of ether oxygens (including phenoxy) is 1. The molecule has 0 bridgehead atoms. The maximum absolute atomic E-state index is 12.6. The fourth-order valence-corrected chi connectivity index (χ4v) is 3.91. The average Bonchev–Trinajstić information content (AvgIpc) is 2.72. The molecule has 1 atom stereocenters. The number of benzene rings is 3. The van der Waals surface area contributed by atoms with Crippen molar-refractivity contribution < 1.29 is 13.2 Å². The molecule has 0 spiro atoms. The van der Waals surface area contributed by atoms with Crippen LogP contribution in [0.4, 0.5) is 5.69 Å². The van der Waals surface area contributed by atoms with E-state index in [9.17, 15) is 8.42 Å². The van der Waals surface area contributed by atoms with E-state index in [0.29, 0.717) is 18.7 Å². The highest BCUT2D eigenvalue weighted by Crippen LogP contribution is 2.26. The van der Waals surface area contributed by atoms with Gasteiger partial charge in [0, 0.05) is 11.6 Å². The van der Waals surface area contributed by atoms with Gasteiger partial charge in [0.2, 0.25) is 0 Å². The number of nitrogens with one attached hydrogen (secondary N) is 1. The van der Waals surface area contributed by atoms with E-state index in [0.717, 1.165) is 11.3 Å². The maximum atomic E-state index is 12.6. The Labute approximate surface area is 166 Å². The van der Waals surface area contributed by atoms with Crippen molar-refractivity contribution in [3.63, 3.8) is 0 Å². The molecule has 3 aromatic carbocycles. The predicted molar refractivity (Wildman–Crippen MR) is 112 cm³/mol. The van der Waals surface area contributed by atoms with Gasteiger partial charge in [-0.3, -0.25) is 4.72 Å². The summed E-state index contributed by atoms with van der Waals surface area (Å²) in [6.45, 7) is 4.29. The van der Waals surface area contributed by atoms with Gasteiger partial charge >= 0.3 is 0 Å². The molecule has 0 aromatic heterocycles. The zero-order chi connectivity index (χ0) is 19.8. The van der Waals surface area contributed by atoms with E-state index in [1.807, 2.05) is 36.4 Å². The average molecular weight is 393 g/mol. The number of hydrogen-bond donors (Lipinski definition) is 1. The maximum Gasteiger partial charge on any atom is 0.261 e. The molecule has 0 aliphatic carbocycles. The first kappa shape index (κ1) is 19.7. The second kappa shape index (κ2) is 9.24. The van der Waals surface area contributed by atoms with Crippen LogP contribution in [0.1, 0.15) is 17.9 Å². The van der Waals surface area contributed by atoms with Crippen molar-refractivity contribution in [2.24, 2.45) is 0 Å². The molecule has 0 aliphatic heterocycles. The van der Waals surface area contributed by atoms with Crippen LogP contribution in [-0.4, -0.2) is 15.0 Å². The molecule has 3 rings (SSSR count). The molecule has 28 heavy (non-hydrogen) atoms. The molecule has 143 valence electrons. The van der Waals surface area contributed by atoms with Gasteiger partial charge in [0.05, 0.1) is 11.5 Å². The fourth-order valence-electron chi connectivity index (χ4n) is 2.84. The van der Waals surface area contributed by atoms with Gasteiger partial charge in [0.1, 0.15) is 5.75 Å². The molecule has 0 amide bonds. The van der Waals surface area contributed by atoms with Gasteiger partial charge < -0.3 is 4.74 Å². The zero-order valence-electron chi connectivity index (χ0n) is 15.4. The van der Waals surface area contributed by atoms with Crippen LogP contribution in [0.5, 0.6) is 5.75 Å². The summed E-state index contributed by atoms with van der Waals surface area (Å²) in [6.07, 6.45) is 2.56. The minimum Gasteiger partial charge on any atom is -0.493 e. The van der Waals surface area contributed by atoms with Crippen LogP contribution in [-0.2, 0) is 10.0 Å². The molecule has 1 radical (unpaired) electrons. The standard InChI is InChI=1S/C23H22NO3S/c1-2-10-20(18-27-22-13-5-3-6-14-22)19-11-9-12-21(17-19)24-28(25,26)23-15-7-4-8-16-23/h2,4-9,11-17,20,24H,1,10,18H2. The van der Waals surface area contributed by atoms with Gasteiger partial charge in [-0.15, -0.1) is 6.58 Å². The topological polar surface area (TPSA) is 55.4 Å². The third kappa shape index (κ3) is 5.24. The van der Waals surface area contributed by atoms with Crippen molar-refractivity contribution in [3.8, 4) is 5.75 Å². The van der Waals surface area contributed by atoms with Gasteiger partial charge in [-0.2, -0.15) is 0 Å². The lowest BCUT2D eigenvalue weighted by Crippen LogP contribution is -2.14. The zero-order valence-corrected chi connectivity index (χ0v) is 16.2. The highest BCUT2D eigenvalue weighted by Gasteiger charge is 2.16. The number of hydrogen-bond acceptors (Lipinski definition) is 3. The SMILES string of the molecule is C=CCC(COc1cc[c]cc1)c1cccc(NS(=O)(=O)c2ccccc2)c1. The van der Waals surface area contributed by atoms with E-state index < -0.39 is 10.0 Å². The van der Waals surface area contributed by atoms with Crippen molar-refractivity contribution in [2.75, 3.05) is 11.3 Å². The lowest BCUT2D eigenvalue weighted by Gasteiger charge is -2.18. The molecule has 4 nitrogen and oxygen atoms in total. The lowest BCUT2D eigenvalue weighted by molar-refractivity contribution is 0.288. The van der Waals surface area contributed by atoms with Gasteiger partial charge in [0.25, 0.3) is 10.0 Å². The van der Waals surface area contributed by atoms with Crippen LogP contribution in [0.2, 0.25) is 0 Å². The Morgan fingerprint density at radius 3 is 2.50 bits per heavy atom. The minimum absolute atomic E-state index is 0.0582. The normalized spacial score (nSPS) is 12.1. The Balaban J connectivity index is 1.77. The van der Waals surface area contributed by atoms with Crippen LogP contribution in [0.3, 0.4) is 0 Å². The molecule has 1 N–H and O–H groups in total. The molecule has 0 aliphatic rings. The molecular formula is C23H22NO3S. The highest BCUT2D eigenvalue weighted by molar-refractivity contribution is 7.92. The Hall–Kier alpha value is -3.05. The first-order chi connectivity index (χ1) is 13.6. The Morgan fingerprint density at radius 1 is 1.04 bits per heavy atom. The summed E-state index contributed by atoms with van der Waals surface area (Å²) in [5.41, 5.74) is 1.50.